The Morgan fingerprint density at radius 1 is 1.71 bits per heavy atom. The molecule has 4 nitrogen and oxygen atoms in total. The third-order valence-corrected chi connectivity index (χ3v) is 2.75. The highest BCUT2D eigenvalue weighted by atomic mass is 35.5. The molecule has 1 unspecified atom stereocenters. The first-order valence-electron chi connectivity index (χ1n) is 4.55. The lowest BCUT2D eigenvalue weighted by molar-refractivity contribution is 0.00364. The number of aryl methyl sites for hydroxylation is 1. The Balaban J connectivity index is 3.20. The van der Waals surface area contributed by atoms with E-state index in [0.717, 1.165) is 12.2 Å². The number of imidazole rings is 1. The summed E-state index contributed by atoms with van der Waals surface area (Å²) < 4.78 is 7.33. The van der Waals surface area contributed by atoms with E-state index in [1.54, 1.807) is 13.4 Å². The minimum absolute atomic E-state index is 0.370. The van der Waals surface area contributed by atoms with Gasteiger partial charge in [0.2, 0.25) is 0 Å². The molecule has 0 amide bonds. The number of nitrogens with two attached hydrogens (primary N) is 1. The highest BCUT2D eigenvalue weighted by Gasteiger charge is 2.31. The van der Waals surface area contributed by atoms with Crippen LogP contribution in [0.25, 0.3) is 0 Å². The SMILES string of the molecule is CCn1cnc(Cl)c1C(C)(CN)OC. The maximum Gasteiger partial charge on any atom is 0.153 e. The Morgan fingerprint density at radius 3 is 2.79 bits per heavy atom. The summed E-state index contributed by atoms with van der Waals surface area (Å²) in [5, 5.41) is 0.460. The van der Waals surface area contributed by atoms with Gasteiger partial charge in [-0.1, -0.05) is 11.6 Å². The zero-order chi connectivity index (χ0) is 10.8. The van der Waals surface area contributed by atoms with Gasteiger partial charge < -0.3 is 15.0 Å². The first-order chi connectivity index (χ1) is 6.59. The molecule has 14 heavy (non-hydrogen) atoms. The van der Waals surface area contributed by atoms with Gasteiger partial charge in [-0.25, -0.2) is 4.98 Å². The minimum atomic E-state index is -0.566. The van der Waals surface area contributed by atoms with Crippen molar-refractivity contribution >= 4 is 11.6 Å². The molecule has 0 aromatic carbocycles. The van der Waals surface area contributed by atoms with Crippen molar-refractivity contribution in [3.8, 4) is 0 Å². The highest BCUT2D eigenvalue weighted by Crippen LogP contribution is 2.29. The molecule has 0 aliphatic rings. The lowest BCUT2D eigenvalue weighted by atomic mass is 10.0. The van der Waals surface area contributed by atoms with Crippen molar-refractivity contribution in [1.82, 2.24) is 9.55 Å². The molecule has 1 aromatic heterocycles. The Labute approximate surface area is 89.0 Å². The molecule has 0 aliphatic carbocycles. The van der Waals surface area contributed by atoms with E-state index in [1.165, 1.54) is 0 Å². The standard InChI is InChI=1S/C9H16ClN3O/c1-4-13-6-12-8(10)7(13)9(2,5-11)14-3/h6H,4-5,11H2,1-3H3. The molecule has 5 heteroatoms. The van der Waals surface area contributed by atoms with Crippen molar-refractivity contribution in [2.24, 2.45) is 5.73 Å². The normalized spacial score (nSPS) is 15.5. The van der Waals surface area contributed by atoms with Crippen molar-refractivity contribution in [2.75, 3.05) is 13.7 Å². The lowest BCUT2D eigenvalue weighted by Crippen LogP contribution is -2.36. The zero-order valence-electron chi connectivity index (χ0n) is 8.75. The molecule has 0 bridgehead atoms. The summed E-state index contributed by atoms with van der Waals surface area (Å²) in [5.41, 5.74) is 5.95. The Bertz CT molecular complexity index is 307. The fraction of sp³-hybridized carbons (Fsp3) is 0.667. The number of rotatable bonds is 4. The van der Waals surface area contributed by atoms with Gasteiger partial charge in [0.15, 0.2) is 5.15 Å². The fourth-order valence-corrected chi connectivity index (χ4v) is 1.75. The highest BCUT2D eigenvalue weighted by molar-refractivity contribution is 6.30. The van der Waals surface area contributed by atoms with Crippen LogP contribution in [0.2, 0.25) is 5.15 Å². The van der Waals surface area contributed by atoms with Crippen LogP contribution in [0.3, 0.4) is 0 Å². The number of methoxy groups -OCH3 is 1. The minimum Gasteiger partial charge on any atom is -0.371 e. The third-order valence-electron chi connectivity index (χ3n) is 2.47. The molecule has 1 rings (SSSR count). The van der Waals surface area contributed by atoms with E-state index in [2.05, 4.69) is 4.98 Å². The second-order valence-electron chi connectivity index (χ2n) is 3.31. The second-order valence-corrected chi connectivity index (χ2v) is 3.67. The van der Waals surface area contributed by atoms with Crippen molar-refractivity contribution < 1.29 is 4.74 Å². The van der Waals surface area contributed by atoms with Crippen molar-refractivity contribution in [1.29, 1.82) is 0 Å². The third kappa shape index (κ3) is 1.78. The molecule has 80 valence electrons. The van der Waals surface area contributed by atoms with E-state index in [4.69, 9.17) is 22.1 Å². The van der Waals surface area contributed by atoms with E-state index < -0.39 is 5.60 Å². The van der Waals surface area contributed by atoms with Crippen LogP contribution in [-0.4, -0.2) is 23.2 Å². The predicted molar refractivity (Wildman–Crippen MR) is 56.3 cm³/mol. The fourth-order valence-electron chi connectivity index (χ4n) is 1.40. The summed E-state index contributed by atoms with van der Waals surface area (Å²) in [6, 6.07) is 0. The summed E-state index contributed by atoms with van der Waals surface area (Å²) in [6.45, 7) is 5.10. The van der Waals surface area contributed by atoms with Gasteiger partial charge in [-0.3, -0.25) is 0 Å². The summed E-state index contributed by atoms with van der Waals surface area (Å²) in [4.78, 5) is 4.04. The van der Waals surface area contributed by atoms with Crippen LogP contribution >= 0.6 is 11.6 Å². The van der Waals surface area contributed by atoms with Crippen LogP contribution in [0.15, 0.2) is 6.33 Å². The number of ether oxygens (including phenoxy) is 1. The molecule has 2 N–H and O–H groups in total. The molecule has 0 radical (unpaired) electrons. The van der Waals surface area contributed by atoms with Gasteiger partial charge in [0.05, 0.1) is 12.0 Å². The molecule has 1 atom stereocenters. The molecule has 0 saturated carbocycles. The Hall–Kier alpha value is -0.580. The smallest absolute Gasteiger partial charge is 0.153 e. The summed E-state index contributed by atoms with van der Waals surface area (Å²) in [5.74, 6) is 0. The van der Waals surface area contributed by atoms with Crippen molar-refractivity contribution in [3.05, 3.63) is 17.2 Å². The van der Waals surface area contributed by atoms with E-state index in [-0.39, 0.29) is 0 Å². The molecule has 1 heterocycles. The molecule has 0 fully saturated rings. The van der Waals surface area contributed by atoms with E-state index >= 15 is 0 Å². The second kappa shape index (κ2) is 4.29. The molecule has 1 aromatic rings. The van der Waals surface area contributed by atoms with Gasteiger partial charge >= 0.3 is 0 Å². The largest absolute Gasteiger partial charge is 0.371 e. The van der Waals surface area contributed by atoms with Crippen LogP contribution in [0, 0.1) is 0 Å². The number of nitrogens with zero attached hydrogens (tertiary/aromatic N) is 2. The lowest BCUT2D eigenvalue weighted by Gasteiger charge is -2.27. The van der Waals surface area contributed by atoms with Crippen LogP contribution in [-0.2, 0) is 16.9 Å². The molecule has 0 saturated heterocycles. The zero-order valence-corrected chi connectivity index (χ0v) is 9.51. The molecular formula is C9H16ClN3O. The molecular weight excluding hydrogens is 202 g/mol. The van der Waals surface area contributed by atoms with Gasteiger partial charge in [0, 0.05) is 20.2 Å². The Kier molecular flexibility index (Phi) is 3.53. The van der Waals surface area contributed by atoms with E-state index in [0.29, 0.717) is 11.7 Å². The van der Waals surface area contributed by atoms with Crippen molar-refractivity contribution in [3.63, 3.8) is 0 Å². The van der Waals surface area contributed by atoms with Gasteiger partial charge in [0.25, 0.3) is 0 Å². The van der Waals surface area contributed by atoms with Crippen molar-refractivity contribution in [2.45, 2.75) is 26.0 Å². The van der Waals surface area contributed by atoms with Crippen LogP contribution < -0.4 is 5.73 Å². The quantitative estimate of drug-likeness (QED) is 0.829. The van der Waals surface area contributed by atoms with Gasteiger partial charge in [0.1, 0.15) is 5.60 Å². The summed E-state index contributed by atoms with van der Waals surface area (Å²) in [7, 11) is 1.62. The van der Waals surface area contributed by atoms with Crippen LogP contribution in [0.1, 0.15) is 19.5 Å². The predicted octanol–water partition coefficient (Wildman–Crippen LogP) is 1.38. The maximum absolute atomic E-state index is 6.00. The number of aromatic nitrogens is 2. The van der Waals surface area contributed by atoms with Gasteiger partial charge in [-0.2, -0.15) is 0 Å². The molecule has 0 aliphatic heterocycles. The Morgan fingerprint density at radius 2 is 2.36 bits per heavy atom. The first-order valence-corrected chi connectivity index (χ1v) is 4.93. The van der Waals surface area contributed by atoms with Crippen LogP contribution in [0.5, 0.6) is 0 Å². The number of hydrogen-bond acceptors (Lipinski definition) is 3. The monoisotopic (exact) mass is 217 g/mol. The summed E-state index contributed by atoms with van der Waals surface area (Å²) >= 11 is 6.00. The van der Waals surface area contributed by atoms with E-state index in [1.807, 2.05) is 18.4 Å². The van der Waals surface area contributed by atoms with Gasteiger partial charge in [-0.15, -0.1) is 0 Å². The first kappa shape index (κ1) is 11.5. The average Bonchev–Trinajstić information content (AvgIpc) is 2.59. The van der Waals surface area contributed by atoms with Crippen LogP contribution in [0.4, 0.5) is 0 Å². The topological polar surface area (TPSA) is 53.1 Å². The maximum atomic E-state index is 6.00. The van der Waals surface area contributed by atoms with E-state index in [9.17, 15) is 0 Å². The average molecular weight is 218 g/mol. The summed E-state index contributed by atoms with van der Waals surface area (Å²) in [6.07, 6.45) is 1.70. The van der Waals surface area contributed by atoms with Gasteiger partial charge in [-0.05, 0) is 13.8 Å². The number of hydrogen-bond donors (Lipinski definition) is 1. The molecule has 0 spiro atoms. The number of halogens is 1.